The lowest BCUT2D eigenvalue weighted by atomic mass is 10.3. The van der Waals surface area contributed by atoms with E-state index in [1.807, 2.05) is 37.3 Å². The van der Waals surface area contributed by atoms with Crippen molar-refractivity contribution in [1.29, 1.82) is 0 Å². The number of fused-ring (bicyclic) bond motifs is 1. The van der Waals surface area contributed by atoms with Crippen molar-refractivity contribution in [1.82, 2.24) is 4.98 Å². The molecule has 4 nitrogen and oxygen atoms in total. The predicted molar refractivity (Wildman–Crippen MR) is 91.4 cm³/mol. The lowest BCUT2D eigenvalue weighted by Gasteiger charge is -2.00. The van der Waals surface area contributed by atoms with Crippen LogP contribution in [0.25, 0.3) is 16.3 Å². The van der Waals surface area contributed by atoms with Crippen LogP contribution in [0.3, 0.4) is 0 Å². The van der Waals surface area contributed by atoms with E-state index in [1.165, 1.54) is 10.8 Å². The molecule has 0 bridgehead atoms. The Morgan fingerprint density at radius 2 is 2.17 bits per heavy atom. The van der Waals surface area contributed by atoms with Gasteiger partial charge in [-0.25, -0.2) is 9.78 Å². The van der Waals surface area contributed by atoms with Gasteiger partial charge in [0.25, 0.3) is 0 Å². The van der Waals surface area contributed by atoms with Gasteiger partial charge in [0.15, 0.2) is 0 Å². The van der Waals surface area contributed by atoms with E-state index >= 15 is 0 Å². The third kappa shape index (κ3) is 4.29. The first kappa shape index (κ1) is 15.5. The van der Waals surface area contributed by atoms with Crippen molar-refractivity contribution in [2.24, 2.45) is 0 Å². The summed E-state index contributed by atoms with van der Waals surface area (Å²) >= 11 is 1.69. The monoisotopic (exact) mass is 327 g/mol. The molecule has 3 aromatic rings. The summed E-state index contributed by atoms with van der Waals surface area (Å²) in [4.78, 5) is 16.2. The number of aryl methyl sites for hydroxylation is 2. The molecule has 1 aromatic carbocycles. The topological polar surface area (TPSA) is 52.3 Å². The largest absolute Gasteiger partial charge is 0.463 e. The van der Waals surface area contributed by atoms with Gasteiger partial charge in [-0.3, -0.25) is 0 Å². The zero-order chi connectivity index (χ0) is 16.1. The number of nitrogens with zero attached hydrogens (tertiary/aromatic N) is 1. The molecular weight excluding hydrogens is 310 g/mol. The van der Waals surface area contributed by atoms with Crippen LogP contribution in [0.2, 0.25) is 0 Å². The average Bonchev–Trinajstić information content (AvgIpc) is 3.15. The number of ether oxygens (including phenoxy) is 1. The third-order valence-corrected chi connectivity index (χ3v) is 4.36. The maximum atomic E-state index is 11.6. The van der Waals surface area contributed by atoms with Crippen LogP contribution in [0.1, 0.15) is 22.9 Å². The van der Waals surface area contributed by atoms with Crippen LogP contribution in [-0.4, -0.2) is 17.6 Å². The van der Waals surface area contributed by atoms with E-state index in [1.54, 1.807) is 17.4 Å². The fourth-order valence-electron chi connectivity index (χ4n) is 2.16. The fraction of sp³-hybridized carbons (Fsp3) is 0.222. The Labute approximate surface area is 138 Å². The van der Waals surface area contributed by atoms with Gasteiger partial charge in [-0.15, -0.1) is 11.3 Å². The van der Waals surface area contributed by atoms with Gasteiger partial charge in [0.05, 0.1) is 21.8 Å². The first-order valence-corrected chi connectivity index (χ1v) is 8.28. The summed E-state index contributed by atoms with van der Waals surface area (Å²) in [6, 6.07) is 11.7. The van der Waals surface area contributed by atoms with Crippen molar-refractivity contribution in [2.75, 3.05) is 6.61 Å². The van der Waals surface area contributed by atoms with Gasteiger partial charge < -0.3 is 9.15 Å². The quantitative estimate of drug-likeness (QED) is 0.383. The molecule has 2 heterocycles. The van der Waals surface area contributed by atoms with Crippen LogP contribution in [0, 0.1) is 6.92 Å². The van der Waals surface area contributed by atoms with E-state index in [-0.39, 0.29) is 5.97 Å². The van der Waals surface area contributed by atoms with Gasteiger partial charge in [-0.05, 0) is 43.7 Å². The van der Waals surface area contributed by atoms with Gasteiger partial charge >= 0.3 is 5.97 Å². The zero-order valence-electron chi connectivity index (χ0n) is 12.8. The highest BCUT2D eigenvalue weighted by atomic mass is 32.1. The Morgan fingerprint density at radius 1 is 1.30 bits per heavy atom. The zero-order valence-corrected chi connectivity index (χ0v) is 13.6. The number of furan rings is 1. The SMILES string of the molecule is Cc1ccc(/C=C/C(=O)OCCCc2nc3ccccc3s2)o1. The van der Waals surface area contributed by atoms with Crippen molar-refractivity contribution < 1.29 is 13.9 Å². The normalized spacial score (nSPS) is 11.3. The molecule has 0 aliphatic heterocycles. The van der Waals surface area contributed by atoms with E-state index in [9.17, 15) is 4.79 Å². The maximum absolute atomic E-state index is 11.6. The standard InChI is InChI=1S/C18H17NO3S/c1-13-8-9-14(22-13)10-11-18(20)21-12-4-7-17-19-15-5-2-3-6-16(15)23-17/h2-3,5-6,8-11H,4,7,12H2,1H3/b11-10+. The number of carbonyl (C=O) groups is 1. The maximum Gasteiger partial charge on any atom is 0.330 e. The summed E-state index contributed by atoms with van der Waals surface area (Å²) in [6.07, 6.45) is 4.58. The second kappa shape index (κ2) is 7.24. The smallest absolute Gasteiger partial charge is 0.330 e. The number of aromatic nitrogens is 1. The number of hydrogen-bond donors (Lipinski definition) is 0. The molecule has 0 spiro atoms. The number of rotatable bonds is 6. The molecule has 3 rings (SSSR count). The first-order valence-electron chi connectivity index (χ1n) is 7.46. The number of thiazole rings is 1. The lowest BCUT2D eigenvalue weighted by molar-refractivity contribution is -0.137. The number of para-hydroxylation sites is 1. The Kier molecular flexibility index (Phi) is 4.88. The van der Waals surface area contributed by atoms with Crippen LogP contribution in [0.5, 0.6) is 0 Å². The summed E-state index contributed by atoms with van der Waals surface area (Å²) < 4.78 is 11.7. The van der Waals surface area contributed by atoms with Crippen molar-refractivity contribution in [2.45, 2.75) is 19.8 Å². The van der Waals surface area contributed by atoms with Crippen LogP contribution < -0.4 is 0 Å². The van der Waals surface area contributed by atoms with Crippen LogP contribution in [0.4, 0.5) is 0 Å². The number of hydrogen-bond acceptors (Lipinski definition) is 5. The van der Waals surface area contributed by atoms with Gasteiger partial charge in [-0.1, -0.05) is 12.1 Å². The lowest BCUT2D eigenvalue weighted by Crippen LogP contribution is -2.03. The Morgan fingerprint density at radius 3 is 2.96 bits per heavy atom. The average molecular weight is 327 g/mol. The van der Waals surface area contributed by atoms with Crippen LogP contribution in [0.15, 0.2) is 46.9 Å². The molecule has 0 N–H and O–H groups in total. The fourth-order valence-corrected chi connectivity index (χ4v) is 3.17. The van der Waals surface area contributed by atoms with Gasteiger partial charge in [0.1, 0.15) is 11.5 Å². The summed E-state index contributed by atoms with van der Waals surface area (Å²) in [5.74, 6) is 1.10. The summed E-state index contributed by atoms with van der Waals surface area (Å²) in [5, 5.41) is 1.07. The third-order valence-electron chi connectivity index (χ3n) is 3.26. The Bertz CT molecular complexity index is 799. The molecule has 0 aliphatic carbocycles. The molecule has 23 heavy (non-hydrogen) atoms. The minimum absolute atomic E-state index is 0.358. The van der Waals surface area contributed by atoms with Crippen molar-refractivity contribution in [3.63, 3.8) is 0 Å². The highest BCUT2D eigenvalue weighted by molar-refractivity contribution is 7.18. The molecule has 0 aliphatic rings. The minimum Gasteiger partial charge on any atom is -0.463 e. The van der Waals surface area contributed by atoms with E-state index in [2.05, 4.69) is 11.1 Å². The second-order valence-electron chi connectivity index (χ2n) is 5.13. The van der Waals surface area contributed by atoms with Crippen molar-refractivity contribution in [3.8, 4) is 0 Å². The molecule has 0 fully saturated rings. The minimum atomic E-state index is -0.358. The van der Waals surface area contributed by atoms with E-state index in [0.717, 1.165) is 29.1 Å². The molecule has 2 aromatic heterocycles. The molecule has 5 heteroatoms. The molecule has 0 saturated heterocycles. The summed E-state index contributed by atoms with van der Waals surface area (Å²) in [5.41, 5.74) is 1.03. The predicted octanol–water partition coefficient (Wildman–Crippen LogP) is 4.39. The highest BCUT2D eigenvalue weighted by Gasteiger charge is 2.04. The first-order chi connectivity index (χ1) is 11.2. The number of carbonyl (C=O) groups excluding carboxylic acids is 1. The van der Waals surface area contributed by atoms with Gasteiger partial charge in [0.2, 0.25) is 0 Å². The number of esters is 1. The van der Waals surface area contributed by atoms with Crippen molar-refractivity contribution >= 4 is 33.6 Å². The van der Waals surface area contributed by atoms with Crippen LogP contribution in [-0.2, 0) is 16.0 Å². The Hall–Kier alpha value is -2.40. The molecular formula is C18H17NO3S. The van der Waals surface area contributed by atoms with E-state index in [0.29, 0.717) is 12.4 Å². The number of benzene rings is 1. The van der Waals surface area contributed by atoms with Crippen molar-refractivity contribution in [3.05, 3.63) is 59.0 Å². The van der Waals surface area contributed by atoms with E-state index < -0.39 is 0 Å². The van der Waals surface area contributed by atoms with Gasteiger partial charge in [0, 0.05) is 12.5 Å². The molecule has 0 radical (unpaired) electrons. The highest BCUT2D eigenvalue weighted by Crippen LogP contribution is 2.22. The molecule has 0 unspecified atom stereocenters. The molecule has 0 atom stereocenters. The molecule has 0 amide bonds. The summed E-state index contributed by atoms with van der Waals surface area (Å²) in [7, 11) is 0. The van der Waals surface area contributed by atoms with Gasteiger partial charge in [-0.2, -0.15) is 0 Å². The molecule has 0 saturated carbocycles. The van der Waals surface area contributed by atoms with E-state index in [4.69, 9.17) is 9.15 Å². The summed E-state index contributed by atoms with van der Waals surface area (Å²) in [6.45, 7) is 2.24. The second-order valence-corrected chi connectivity index (χ2v) is 6.24. The Balaban J connectivity index is 1.42. The molecule has 118 valence electrons. The van der Waals surface area contributed by atoms with Crippen LogP contribution >= 0.6 is 11.3 Å².